The number of aromatic nitrogens is 8. The van der Waals surface area contributed by atoms with Crippen LogP contribution in [0.4, 0.5) is 26.3 Å². The largest absolute Gasteiger partial charge is 0.573 e. The molecule has 0 atom stereocenters. The van der Waals surface area contributed by atoms with E-state index < -0.39 is 12.7 Å². The van der Waals surface area contributed by atoms with Crippen LogP contribution in [0.15, 0.2) is 110 Å². The van der Waals surface area contributed by atoms with Gasteiger partial charge in [-0.05, 0) is 113 Å². The molecule has 17 heteroatoms. The second-order valence-corrected chi connectivity index (χ2v) is 9.96. The Labute approximate surface area is 287 Å². The number of alkyl halides is 6. The maximum atomic E-state index is 12.1. The molecule has 6 aromatic rings. The van der Waals surface area contributed by atoms with E-state index in [4.69, 9.17) is 6.42 Å². The minimum absolute atomic E-state index is 0.247. The molecule has 0 amide bonds. The van der Waals surface area contributed by atoms with Crippen molar-refractivity contribution in [2.75, 3.05) is 0 Å². The van der Waals surface area contributed by atoms with Crippen LogP contribution in [0.5, 0.6) is 11.5 Å². The van der Waals surface area contributed by atoms with Crippen LogP contribution in [-0.4, -0.2) is 52.2 Å². The number of rotatable bonds is 4. The van der Waals surface area contributed by atoms with Gasteiger partial charge in [-0.15, -0.1) is 32.8 Å². The molecule has 0 N–H and O–H groups in total. The van der Waals surface area contributed by atoms with Crippen molar-refractivity contribution in [2.45, 2.75) is 12.7 Å². The Hall–Kier alpha value is -5.95. The van der Waals surface area contributed by atoms with Crippen LogP contribution in [0.2, 0.25) is 0 Å². The van der Waals surface area contributed by atoms with Crippen molar-refractivity contribution < 1.29 is 35.8 Å². The van der Waals surface area contributed by atoms with Gasteiger partial charge in [0.25, 0.3) is 0 Å². The van der Waals surface area contributed by atoms with Crippen LogP contribution in [0.3, 0.4) is 0 Å². The van der Waals surface area contributed by atoms with E-state index in [2.05, 4.69) is 57.4 Å². The summed E-state index contributed by atoms with van der Waals surface area (Å²) >= 11 is 2.05. The standard InChI is InChI=1S/C16H9F3N4O.C10H6F3IN2O.C6H4N2/c17-16(18,19)24-14-5-3-13(4-6-14)23-11-8-12(22-23)2-7-15-20-9-1-10-21-15;11-10(12,13)17-8-3-1-7(2-4-8)16-6-5-9(14)15-16;1-2-6-7-4-3-5-8-6/h1,3-6,8-11H;1-6H;1,3-5H. The second kappa shape index (κ2) is 16.7. The summed E-state index contributed by atoms with van der Waals surface area (Å²) in [4.78, 5) is 15.4. The first-order valence-corrected chi connectivity index (χ1v) is 14.5. The maximum Gasteiger partial charge on any atom is 0.573 e. The first-order valence-electron chi connectivity index (χ1n) is 13.4. The van der Waals surface area contributed by atoms with Gasteiger partial charge >= 0.3 is 12.7 Å². The Bertz CT molecular complexity index is 2020. The van der Waals surface area contributed by atoms with Crippen LogP contribution >= 0.6 is 22.6 Å². The van der Waals surface area contributed by atoms with Crippen LogP contribution in [-0.2, 0) is 0 Å². The van der Waals surface area contributed by atoms with Crippen molar-refractivity contribution in [2.24, 2.45) is 0 Å². The van der Waals surface area contributed by atoms with Gasteiger partial charge in [-0.1, -0.05) is 0 Å². The van der Waals surface area contributed by atoms with Crippen LogP contribution < -0.4 is 9.47 Å². The Kier molecular flexibility index (Phi) is 12.3. The number of halogens is 7. The third-order valence-electron chi connectivity index (χ3n) is 5.38. The fourth-order valence-electron chi connectivity index (χ4n) is 3.44. The Balaban J connectivity index is 0.000000187. The SMILES string of the molecule is C#Cc1ncccn1.FC(F)(F)Oc1ccc(-n2ccc(C#Cc3ncccn3)n2)cc1.FC(F)(F)Oc1ccc(-n2ccc(I)n2)cc1. The lowest BCUT2D eigenvalue weighted by molar-refractivity contribution is -0.275. The average molecular weight is 788 g/mol. The van der Waals surface area contributed by atoms with Crippen molar-refractivity contribution in [1.82, 2.24) is 39.5 Å². The quantitative estimate of drug-likeness (QED) is 0.109. The highest BCUT2D eigenvalue weighted by Crippen LogP contribution is 2.24. The summed E-state index contributed by atoms with van der Waals surface area (Å²) in [5, 5.41) is 8.35. The van der Waals surface area contributed by atoms with Gasteiger partial charge in [-0.25, -0.2) is 29.3 Å². The molecule has 6 rings (SSSR count). The molecule has 0 spiro atoms. The molecule has 2 aromatic carbocycles. The molecule has 0 unspecified atom stereocenters. The molecule has 0 aliphatic carbocycles. The lowest BCUT2D eigenvalue weighted by Crippen LogP contribution is -2.17. The molecule has 49 heavy (non-hydrogen) atoms. The van der Waals surface area contributed by atoms with E-state index in [1.807, 2.05) is 22.6 Å². The predicted octanol–water partition coefficient (Wildman–Crippen LogP) is 6.79. The number of ether oxygens (including phenoxy) is 2. The van der Waals surface area contributed by atoms with E-state index in [-0.39, 0.29) is 11.5 Å². The van der Waals surface area contributed by atoms with E-state index >= 15 is 0 Å². The van der Waals surface area contributed by atoms with Crippen LogP contribution in [0.25, 0.3) is 11.4 Å². The zero-order chi connectivity index (χ0) is 35.3. The van der Waals surface area contributed by atoms with E-state index in [1.54, 1.807) is 66.1 Å². The Morgan fingerprint density at radius 3 is 1.45 bits per heavy atom. The minimum atomic E-state index is -4.71. The normalized spacial score (nSPS) is 10.6. The number of benzene rings is 2. The first kappa shape index (κ1) is 35.9. The monoisotopic (exact) mass is 788 g/mol. The number of hydrogen-bond donors (Lipinski definition) is 0. The fraction of sp³-hybridized carbons (Fsp3) is 0.0625. The van der Waals surface area contributed by atoms with Gasteiger partial charge < -0.3 is 9.47 Å². The van der Waals surface area contributed by atoms with E-state index in [9.17, 15) is 26.3 Å². The molecule has 4 aromatic heterocycles. The molecule has 0 saturated carbocycles. The van der Waals surface area contributed by atoms with Crippen LogP contribution in [0, 0.1) is 27.9 Å². The zero-order valence-corrected chi connectivity index (χ0v) is 26.7. The molecular weight excluding hydrogens is 769 g/mol. The molecule has 0 saturated heterocycles. The van der Waals surface area contributed by atoms with Crippen molar-refractivity contribution in [3.63, 3.8) is 0 Å². The molecule has 248 valence electrons. The van der Waals surface area contributed by atoms with E-state index in [1.165, 1.54) is 53.2 Å². The summed E-state index contributed by atoms with van der Waals surface area (Å²) in [6.07, 6.45) is 5.36. The Morgan fingerprint density at radius 2 is 1.04 bits per heavy atom. The lowest BCUT2D eigenvalue weighted by Gasteiger charge is -2.09. The first-order chi connectivity index (χ1) is 23.4. The topological polar surface area (TPSA) is 106 Å². The number of nitrogens with zero attached hydrogens (tertiary/aromatic N) is 8. The lowest BCUT2D eigenvalue weighted by atomic mass is 10.3. The van der Waals surface area contributed by atoms with Crippen LogP contribution in [0.1, 0.15) is 17.3 Å². The summed E-state index contributed by atoms with van der Waals surface area (Å²) in [7, 11) is 0. The summed E-state index contributed by atoms with van der Waals surface area (Å²) < 4.78 is 83.6. The highest BCUT2D eigenvalue weighted by Gasteiger charge is 2.31. The molecule has 0 fully saturated rings. The Morgan fingerprint density at radius 1 is 0.592 bits per heavy atom. The highest BCUT2D eigenvalue weighted by molar-refractivity contribution is 14.1. The van der Waals surface area contributed by atoms with Crippen molar-refractivity contribution in [3.05, 3.63) is 131 Å². The molecule has 0 bridgehead atoms. The number of terminal acetylenes is 1. The second-order valence-electron chi connectivity index (χ2n) is 8.85. The van der Waals surface area contributed by atoms with Crippen molar-refractivity contribution in [3.8, 4) is 47.1 Å². The van der Waals surface area contributed by atoms with Gasteiger partial charge in [0.05, 0.1) is 11.4 Å². The highest BCUT2D eigenvalue weighted by atomic mass is 127. The molecular formula is C32H19F6IN8O2. The molecule has 0 aliphatic rings. The maximum absolute atomic E-state index is 12.1. The molecule has 10 nitrogen and oxygen atoms in total. The summed E-state index contributed by atoms with van der Waals surface area (Å²) in [6.45, 7) is 0. The minimum Gasteiger partial charge on any atom is -0.406 e. The summed E-state index contributed by atoms with van der Waals surface area (Å²) in [5.41, 5.74) is 1.73. The van der Waals surface area contributed by atoms with Gasteiger partial charge in [0.1, 0.15) is 20.9 Å². The van der Waals surface area contributed by atoms with Gasteiger partial charge in [-0.2, -0.15) is 10.2 Å². The van der Waals surface area contributed by atoms with Crippen molar-refractivity contribution in [1.29, 1.82) is 0 Å². The van der Waals surface area contributed by atoms with E-state index in [0.717, 1.165) is 3.70 Å². The summed E-state index contributed by atoms with van der Waals surface area (Å²) in [6, 6.07) is 17.7. The molecule has 4 heterocycles. The molecule has 0 aliphatic heterocycles. The summed E-state index contributed by atoms with van der Waals surface area (Å²) in [5.74, 6) is 8.16. The third kappa shape index (κ3) is 12.6. The fourth-order valence-corrected chi connectivity index (χ4v) is 3.83. The average Bonchev–Trinajstić information content (AvgIpc) is 3.74. The third-order valence-corrected chi connectivity index (χ3v) is 5.95. The smallest absolute Gasteiger partial charge is 0.406 e. The number of hydrogen-bond acceptors (Lipinski definition) is 8. The van der Waals surface area contributed by atoms with E-state index in [0.29, 0.717) is 28.7 Å². The molecule has 0 radical (unpaired) electrons. The van der Waals surface area contributed by atoms with Gasteiger partial charge in [0.2, 0.25) is 11.6 Å². The zero-order valence-electron chi connectivity index (χ0n) is 24.5. The van der Waals surface area contributed by atoms with Crippen molar-refractivity contribution >= 4 is 22.6 Å². The van der Waals surface area contributed by atoms with Gasteiger partial charge in [0, 0.05) is 37.2 Å². The predicted molar refractivity (Wildman–Crippen MR) is 171 cm³/mol. The van der Waals surface area contributed by atoms with Gasteiger partial charge in [-0.3, -0.25) is 0 Å². The van der Waals surface area contributed by atoms with Gasteiger partial charge in [0.15, 0.2) is 0 Å².